The maximum Gasteiger partial charge on any atom is 0.127 e. The van der Waals surface area contributed by atoms with Crippen molar-refractivity contribution in [3.05, 3.63) is 132 Å². The Bertz CT molecular complexity index is 1620. The Morgan fingerprint density at radius 3 is 1.73 bits per heavy atom. The first-order valence-electron chi connectivity index (χ1n) is 16.8. The zero-order chi connectivity index (χ0) is 33.0. The van der Waals surface area contributed by atoms with Gasteiger partial charge in [0.1, 0.15) is 11.6 Å². The summed E-state index contributed by atoms with van der Waals surface area (Å²) in [5, 5.41) is 0. The van der Waals surface area contributed by atoms with Gasteiger partial charge in [0.05, 0.1) is 61.9 Å². The highest BCUT2D eigenvalue weighted by Gasteiger charge is 2.22. The summed E-state index contributed by atoms with van der Waals surface area (Å²) in [4.78, 5) is 18.7. The highest BCUT2D eigenvalue weighted by molar-refractivity contribution is 5.63. The molecule has 2 aliphatic rings. The second-order valence-electron chi connectivity index (χ2n) is 12.5. The Hall–Kier alpha value is -4.22. The molecule has 7 rings (SSSR count). The number of hydrogen-bond donors (Lipinski definition) is 2. The van der Waals surface area contributed by atoms with Crippen LogP contribution in [0.2, 0.25) is 0 Å². The zero-order valence-electron chi connectivity index (χ0n) is 27.2. The van der Waals surface area contributed by atoms with Crippen molar-refractivity contribution in [2.75, 3.05) is 26.2 Å². The number of nitrogens with one attached hydrogen (secondary N) is 2. The van der Waals surface area contributed by atoms with Crippen molar-refractivity contribution in [2.45, 2.75) is 64.2 Å². The van der Waals surface area contributed by atoms with Gasteiger partial charge in [0.2, 0.25) is 0 Å². The maximum atomic E-state index is 13.7. The summed E-state index contributed by atoms with van der Waals surface area (Å²) in [6.07, 6.45) is 11.4. The number of imidazole rings is 2. The van der Waals surface area contributed by atoms with E-state index in [0.29, 0.717) is 31.4 Å². The van der Waals surface area contributed by atoms with Crippen LogP contribution in [-0.4, -0.2) is 68.1 Å². The lowest BCUT2D eigenvalue weighted by molar-refractivity contribution is -0.00530. The number of hydrogen-bond acceptors (Lipinski definition) is 6. The first-order chi connectivity index (χ1) is 23.6. The van der Waals surface area contributed by atoms with Crippen molar-refractivity contribution in [3.8, 4) is 11.1 Å². The van der Waals surface area contributed by atoms with E-state index in [0.717, 1.165) is 75.9 Å². The quantitative estimate of drug-likeness (QED) is 0.158. The predicted octanol–water partition coefficient (Wildman–Crippen LogP) is 7.13. The SMILES string of the molecule is Fc1ccc(F)c(CN2CCC(OCc3cnc[nH]3)CC2)c1.c1ccc(-c2ccc(CN3CCC(OCc4cnc[nH]4)CC3)cc2)cc1. The van der Waals surface area contributed by atoms with Crippen molar-refractivity contribution in [3.63, 3.8) is 0 Å². The topological polar surface area (TPSA) is 82.3 Å². The molecular weight excluding hydrogens is 610 g/mol. The third kappa shape index (κ3) is 10.1. The van der Waals surface area contributed by atoms with Crippen molar-refractivity contribution < 1.29 is 18.3 Å². The molecule has 2 saturated heterocycles. The van der Waals surface area contributed by atoms with Crippen LogP contribution in [0.5, 0.6) is 0 Å². The number of aromatic nitrogens is 4. The van der Waals surface area contributed by atoms with Crippen LogP contribution in [0.25, 0.3) is 11.1 Å². The minimum absolute atomic E-state index is 0.205. The van der Waals surface area contributed by atoms with Gasteiger partial charge in [-0.05, 0) is 60.6 Å². The van der Waals surface area contributed by atoms with Gasteiger partial charge in [-0.2, -0.15) is 0 Å². The van der Waals surface area contributed by atoms with Gasteiger partial charge >= 0.3 is 0 Å². The minimum atomic E-state index is -0.394. The average Bonchev–Trinajstić information content (AvgIpc) is 3.86. The van der Waals surface area contributed by atoms with Crippen LogP contribution in [0.1, 0.15) is 48.2 Å². The predicted molar refractivity (Wildman–Crippen MR) is 182 cm³/mol. The molecule has 252 valence electrons. The number of piperidine rings is 2. The lowest BCUT2D eigenvalue weighted by atomic mass is 10.0. The second kappa shape index (κ2) is 17.3. The maximum absolute atomic E-state index is 13.7. The molecule has 10 heteroatoms. The molecule has 4 heterocycles. The molecule has 0 aliphatic carbocycles. The van der Waals surface area contributed by atoms with Gasteiger partial charge < -0.3 is 19.4 Å². The van der Waals surface area contributed by atoms with E-state index in [-0.39, 0.29) is 11.9 Å². The first kappa shape index (κ1) is 33.7. The molecule has 2 N–H and O–H groups in total. The molecule has 2 aromatic heterocycles. The van der Waals surface area contributed by atoms with Crippen LogP contribution >= 0.6 is 0 Å². The molecule has 0 bridgehead atoms. The Morgan fingerprint density at radius 2 is 1.19 bits per heavy atom. The number of ether oxygens (including phenoxy) is 2. The monoisotopic (exact) mass is 654 g/mol. The molecule has 0 atom stereocenters. The van der Waals surface area contributed by atoms with Crippen LogP contribution in [-0.2, 0) is 35.8 Å². The summed E-state index contributed by atoms with van der Waals surface area (Å²) in [5.41, 5.74) is 6.35. The zero-order valence-corrected chi connectivity index (χ0v) is 27.2. The van der Waals surface area contributed by atoms with E-state index in [4.69, 9.17) is 9.47 Å². The summed E-state index contributed by atoms with van der Waals surface area (Å²) < 4.78 is 38.7. The van der Waals surface area contributed by atoms with Gasteiger partial charge in [-0.1, -0.05) is 54.6 Å². The van der Waals surface area contributed by atoms with E-state index < -0.39 is 5.82 Å². The Labute approximate surface area is 281 Å². The van der Waals surface area contributed by atoms with Crippen LogP contribution < -0.4 is 0 Å². The van der Waals surface area contributed by atoms with Crippen LogP contribution in [0.3, 0.4) is 0 Å². The van der Waals surface area contributed by atoms with Crippen LogP contribution in [0, 0.1) is 11.6 Å². The Morgan fingerprint density at radius 1 is 0.646 bits per heavy atom. The fraction of sp³-hybridized carbons (Fsp3) is 0.368. The van der Waals surface area contributed by atoms with Gasteiger partial charge in [0, 0.05) is 44.8 Å². The van der Waals surface area contributed by atoms with Gasteiger partial charge in [0.25, 0.3) is 0 Å². The molecule has 2 aliphatic heterocycles. The second-order valence-corrected chi connectivity index (χ2v) is 12.5. The van der Waals surface area contributed by atoms with Crippen molar-refractivity contribution in [1.82, 2.24) is 29.7 Å². The number of rotatable bonds is 11. The number of H-pyrrole nitrogens is 2. The molecule has 5 aromatic rings. The van der Waals surface area contributed by atoms with Crippen LogP contribution in [0.4, 0.5) is 8.78 Å². The van der Waals surface area contributed by atoms with Crippen molar-refractivity contribution in [1.29, 1.82) is 0 Å². The molecule has 0 unspecified atom stereocenters. The summed E-state index contributed by atoms with van der Waals surface area (Å²) in [6.45, 7) is 6.45. The molecule has 2 fully saturated rings. The standard InChI is InChI=1S/C22H25N3O.C16H19F2N3O/c1-2-4-19(5-3-1)20-8-6-18(7-9-20)15-25-12-10-22(11-13-25)26-16-21-14-23-17-24-21;17-13-1-2-16(18)12(7-13)9-21-5-3-15(4-6-21)22-10-14-8-19-11-20-14/h1-9,14,17,22H,10-13,15-16H2,(H,23,24);1-2,7-8,11,15H,3-6,9-10H2,(H,19,20). The Kier molecular flexibility index (Phi) is 12.1. The van der Waals surface area contributed by atoms with Gasteiger partial charge in [-0.3, -0.25) is 9.80 Å². The largest absolute Gasteiger partial charge is 0.372 e. The highest BCUT2D eigenvalue weighted by Crippen LogP contribution is 2.22. The molecule has 0 spiro atoms. The number of benzene rings is 3. The van der Waals surface area contributed by atoms with Gasteiger partial charge in [0.15, 0.2) is 0 Å². The first-order valence-corrected chi connectivity index (χ1v) is 16.8. The summed E-state index contributed by atoms with van der Waals surface area (Å²) in [6, 6.07) is 23.1. The molecule has 0 amide bonds. The molecular formula is C38H44F2N6O2. The van der Waals surface area contributed by atoms with Crippen LogP contribution in [0.15, 0.2) is 97.8 Å². The third-order valence-corrected chi connectivity index (χ3v) is 9.00. The number of likely N-dealkylation sites (tertiary alicyclic amines) is 2. The smallest absolute Gasteiger partial charge is 0.127 e. The van der Waals surface area contributed by atoms with Crippen molar-refractivity contribution in [2.24, 2.45) is 0 Å². The van der Waals surface area contributed by atoms with Gasteiger partial charge in [-0.15, -0.1) is 0 Å². The lowest BCUT2D eigenvalue weighted by Crippen LogP contribution is -2.36. The van der Waals surface area contributed by atoms with E-state index in [1.54, 1.807) is 18.9 Å². The number of aromatic amines is 2. The number of halogens is 2. The summed E-state index contributed by atoms with van der Waals surface area (Å²) >= 11 is 0. The minimum Gasteiger partial charge on any atom is -0.372 e. The molecule has 3 aromatic carbocycles. The number of nitrogens with zero attached hydrogens (tertiary/aromatic N) is 4. The molecule has 8 nitrogen and oxygen atoms in total. The Balaban J connectivity index is 0.000000170. The summed E-state index contributed by atoms with van der Waals surface area (Å²) in [5.74, 6) is -0.742. The molecule has 0 saturated carbocycles. The van der Waals surface area contributed by atoms with E-state index in [1.165, 1.54) is 28.8 Å². The highest BCUT2D eigenvalue weighted by atomic mass is 19.1. The van der Waals surface area contributed by atoms with Crippen molar-refractivity contribution >= 4 is 0 Å². The lowest BCUT2D eigenvalue weighted by Gasteiger charge is -2.31. The average molecular weight is 655 g/mol. The summed E-state index contributed by atoms with van der Waals surface area (Å²) in [7, 11) is 0. The van der Waals surface area contributed by atoms with Gasteiger partial charge in [-0.25, -0.2) is 18.7 Å². The molecule has 48 heavy (non-hydrogen) atoms. The fourth-order valence-electron chi connectivity index (χ4n) is 6.21. The van der Waals surface area contributed by atoms with E-state index in [1.807, 2.05) is 6.20 Å². The van der Waals surface area contributed by atoms with E-state index in [2.05, 4.69) is 84.3 Å². The third-order valence-electron chi connectivity index (χ3n) is 9.00. The fourth-order valence-corrected chi connectivity index (χ4v) is 6.21. The normalized spacial score (nSPS) is 16.5. The van der Waals surface area contributed by atoms with E-state index in [9.17, 15) is 8.78 Å². The molecule has 0 radical (unpaired) electrons. The van der Waals surface area contributed by atoms with E-state index >= 15 is 0 Å².